The minimum absolute atomic E-state index is 0.00355. The maximum absolute atomic E-state index is 12.9. The van der Waals surface area contributed by atoms with Gasteiger partial charge in [0.05, 0.1) is 11.4 Å². The molecule has 6 nitrogen and oxygen atoms in total. The maximum Gasteiger partial charge on any atom is 0.293 e. The minimum atomic E-state index is -0.341. The third-order valence-corrected chi connectivity index (χ3v) is 7.45. The van der Waals surface area contributed by atoms with Crippen molar-refractivity contribution in [3.05, 3.63) is 75.1 Å². The zero-order chi connectivity index (χ0) is 23.5. The Kier molecular flexibility index (Phi) is 7.22. The monoisotopic (exact) mass is 483 g/mol. The summed E-state index contributed by atoms with van der Waals surface area (Å²) in [5.41, 5.74) is 2.09. The van der Waals surface area contributed by atoms with Crippen LogP contribution >= 0.6 is 23.4 Å². The summed E-state index contributed by atoms with van der Waals surface area (Å²) in [4.78, 5) is 43.8. The number of hydrogen-bond donors (Lipinski definition) is 0. The van der Waals surface area contributed by atoms with Crippen LogP contribution < -0.4 is 0 Å². The van der Waals surface area contributed by atoms with Crippen LogP contribution in [0.3, 0.4) is 0 Å². The first-order chi connectivity index (χ1) is 15.8. The Labute approximate surface area is 203 Å². The van der Waals surface area contributed by atoms with Gasteiger partial charge in [-0.25, -0.2) is 0 Å². The molecule has 4 rings (SSSR count). The van der Waals surface area contributed by atoms with E-state index in [1.54, 1.807) is 48.5 Å². The molecule has 0 spiro atoms. The molecule has 0 unspecified atom stereocenters. The fourth-order valence-electron chi connectivity index (χ4n) is 4.06. The van der Waals surface area contributed by atoms with Gasteiger partial charge in [0, 0.05) is 23.7 Å². The predicted molar refractivity (Wildman–Crippen MR) is 132 cm³/mol. The Morgan fingerprint density at radius 2 is 1.79 bits per heavy atom. The van der Waals surface area contributed by atoms with E-state index in [-0.39, 0.29) is 29.6 Å². The highest BCUT2D eigenvalue weighted by atomic mass is 35.5. The number of nitrogens with zero attached hydrogens (tertiary/aromatic N) is 3. The highest BCUT2D eigenvalue weighted by molar-refractivity contribution is 8.18. The van der Waals surface area contributed by atoms with E-state index in [0.29, 0.717) is 15.5 Å². The van der Waals surface area contributed by atoms with Crippen LogP contribution in [0, 0.1) is 0 Å². The van der Waals surface area contributed by atoms with Gasteiger partial charge in [-0.2, -0.15) is 0 Å². The molecule has 2 saturated heterocycles. The lowest BCUT2D eigenvalue weighted by Crippen LogP contribution is -2.44. The van der Waals surface area contributed by atoms with Crippen molar-refractivity contribution in [1.82, 2.24) is 14.7 Å². The molecule has 33 heavy (non-hydrogen) atoms. The topological polar surface area (TPSA) is 60.9 Å². The van der Waals surface area contributed by atoms with Crippen molar-refractivity contribution in [3.8, 4) is 0 Å². The highest BCUT2D eigenvalue weighted by Gasteiger charge is 2.35. The molecule has 0 radical (unpaired) electrons. The lowest BCUT2D eigenvalue weighted by Gasteiger charge is -2.35. The molecule has 2 fully saturated rings. The smallest absolute Gasteiger partial charge is 0.293 e. The number of carbonyl (C=O) groups is 3. The van der Waals surface area contributed by atoms with E-state index >= 15 is 0 Å². The molecule has 0 bridgehead atoms. The quantitative estimate of drug-likeness (QED) is 0.575. The Morgan fingerprint density at radius 3 is 2.45 bits per heavy atom. The second kappa shape index (κ2) is 10.1. The van der Waals surface area contributed by atoms with E-state index in [4.69, 9.17) is 11.6 Å². The van der Waals surface area contributed by atoms with Gasteiger partial charge in [-0.15, -0.1) is 0 Å². The summed E-state index contributed by atoms with van der Waals surface area (Å²) >= 11 is 7.09. The fraction of sp³-hybridized carbons (Fsp3) is 0.320. The maximum atomic E-state index is 12.9. The van der Waals surface area contributed by atoms with Crippen LogP contribution in [0.4, 0.5) is 4.79 Å². The van der Waals surface area contributed by atoms with Crippen molar-refractivity contribution in [2.75, 3.05) is 27.2 Å². The summed E-state index contributed by atoms with van der Waals surface area (Å²) in [5, 5.41) is 0.198. The zero-order valence-electron chi connectivity index (χ0n) is 18.7. The third-order valence-electron chi connectivity index (χ3n) is 6.17. The molecule has 0 N–H and O–H groups in total. The Hall–Kier alpha value is -2.61. The molecule has 2 aromatic rings. The van der Waals surface area contributed by atoms with E-state index in [1.807, 2.05) is 18.0 Å². The molecule has 2 aliphatic heterocycles. The Balaban J connectivity index is 1.43. The van der Waals surface area contributed by atoms with Crippen LogP contribution in [0.1, 0.15) is 34.3 Å². The van der Waals surface area contributed by atoms with Crippen LogP contribution in [0.5, 0.6) is 0 Å². The van der Waals surface area contributed by atoms with Crippen LogP contribution in [0.15, 0.2) is 53.4 Å². The molecule has 3 amide bonds. The summed E-state index contributed by atoms with van der Waals surface area (Å²) in [6.07, 6.45) is 3.63. The molecule has 2 heterocycles. The number of likely N-dealkylation sites (tertiary alicyclic amines) is 1. The summed E-state index contributed by atoms with van der Waals surface area (Å²) in [6.45, 7) is 2.12. The zero-order valence-corrected chi connectivity index (χ0v) is 20.2. The molecule has 172 valence electrons. The Bertz CT molecular complexity index is 1090. The summed E-state index contributed by atoms with van der Waals surface area (Å²) < 4.78 is 0. The Morgan fingerprint density at radius 1 is 1.12 bits per heavy atom. The van der Waals surface area contributed by atoms with Gasteiger partial charge in [0.1, 0.15) is 0 Å². The van der Waals surface area contributed by atoms with Crippen molar-refractivity contribution in [2.45, 2.75) is 25.4 Å². The third kappa shape index (κ3) is 5.32. The summed E-state index contributed by atoms with van der Waals surface area (Å²) in [5.74, 6) is -0.344. The van der Waals surface area contributed by atoms with Gasteiger partial charge < -0.3 is 9.80 Å². The highest BCUT2D eigenvalue weighted by Crippen LogP contribution is 2.34. The van der Waals surface area contributed by atoms with Crippen molar-refractivity contribution in [2.24, 2.45) is 0 Å². The van der Waals surface area contributed by atoms with Gasteiger partial charge in [0.2, 0.25) is 0 Å². The number of benzene rings is 2. The summed E-state index contributed by atoms with van der Waals surface area (Å²) in [7, 11) is 3.96. The molecule has 0 aromatic heterocycles. The van der Waals surface area contributed by atoms with Crippen LogP contribution in [-0.2, 0) is 11.3 Å². The predicted octanol–water partition coefficient (Wildman–Crippen LogP) is 4.74. The van der Waals surface area contributed by atoms with Crippen LogP contribution in [0.25, 0.3) is 6.08 Å². The van der Waals surface area contributed by atoms with Gasteiger partial charge in [-0.1, -0.05) is 41.9 Å². The number of rotatable bonds is 5. The number of hydrogen-bond acceptors (Lipinski definition) is 5. The van der Waals surface area contributed by atoms with Crippen molar-refractivity contribution >= 4 is 46.5 Å². The van der Waals surface area contributed by atoms with Crippen LogP contribution in [-0.4, -0.2) is 65.0 Å². The number of carbonyl (C=O) groups excluding carboxylic acids is 3. The van der Waals surface area contributed by atoms with E-state index in [9.17, 15) is 14.4 Å². The second-order valence-electron chi connectivity index (χ2n) is 8.43. The molecule has 2 aromatic carbocycles. The van der Waals surface area contributed by atoms with Gasteiger partial charge in [0.15, 0.2) is 0 Å². The SMILES string of the molecule is CN1CCC(N(C)C(=O)c2ccc(/C=C3\SC(=O)N(Cc4ccccc4Cl)C3=O)cc2)CC1. The van der Waals surface area contributed by atoms with E-state index in [2.05, 4.69) is 11.9 Å². The van der Waals surface area contributed by atoms with Crippen molar-refractivity contribution in [1.29, 1.82) is 0 Å². The summed E-state index contributed by atoms with van der Waals surface area (Å²) in [6, 6.07) is 14.6. The lowest BCUT2D eigenvalue weighted by atomic mass is 10.0. The van der Waals surface area contributed by atoms with E-state index in [1.165, 1.54) is 4.90 Å². The van der Waals surface area contributed by atoms with E-state index in [0.717, 1.165) is 48.8 Å². The normalized spacial score (nSPS) is 18.9. The van der Waals surface area contributed by atoms with Crippen molar-refractivity contribution in [3.63, 3.8) is 0 Å². The van der Waals surface area contributed by atoms with Crippen molar-refractivity contribution < 1.29 is 14.4 Å². The van der Waals surface area contributed by atoms with Crippen LogP contribution in [0.2, 0.25) is 5.02 Å². The molecular formula is C25H26ClN3O3S. The fourth-order valence-corrected chi connectivity index (χ4v) is 5.09. The standard InChI is InChI=1S/C25H26ClN3O3S/c1-27-13-11-20(12-14-27)28(2)23(30)18-9-7-17(8-10-18)15-22-24(31)29(25(32)33-22)16-19-5-3-4-6-21(19)26/h3-10,15,20H,11-14,16H2,1-2H3/b22-15-. The van der Waals surface area contributed by atoms with Gasteiger partial charge in [-0.3, -0.25) is 19.3 Å². The molecule has 2 aliphatic rings. The first-order valence-electron chi connectivity index (χ1n) is 10.9. The molecule has 8 heteroatoms. The number of amides is 3. The van der Waals surface area contributed by atoms with E-state index < -0.39 is 0 Å². The average molecular weight is 484 g/mol. The van der Waals surface area contributed by atoms with Gasteiger partial charge >= 0.3 is 0 Å². The second-order valence-corrected chi connectivity index (χ2v) is 9.83. The lowest BCUT2D eigenvalue weighted by molar-refractivity contribution is -0.123. The molecular weight excluding hydrogens is 458 g/mol. The molecule has 0 aliphatic carbocycles. The van der Waals surface area contributed by atoms with Gasteiger partial charge in [-0.05, 0) is 80.1 Å². The number of halogens is 1. The largest absolute Gasteiger partial charge is 0.339 e. The first-order valence-corrected chi connectivity index (χ1v) is 12.1. The molecule has 0 atom stereocenters. The number of piperidine rings is 1. The number of thioether (sulfide) groups is 1. The average Bonchev–Trinajstić information content (AvgIpc) is 3.08. The minimum Gasteiger partial charge on any atom is -0.339 e. The molecule has 0 saturated carbocycles. The first kappa shape index (κ1) is 23.5. The van der Waals surface area contributed by atoms with Gasteiger partial charge in [0.25, 0.3) is 17.1 Å². The number of imide groups is 1.